The van der Waals surface area contributed by atoms with Crippen LogP contribution in [-0.2, 0) is 14.3 Å². The number of allylic oxidation sites excluding steroid dienone is 3. The van der Waals surface area contributed by atoms with E-state index in [2.05, 4.69) is 13.2 Å². The molecule has 23 heavy (non-hydrogen) atoms. The number of esters is 1. The predicted octanol–water partition coefficient (Wildman–Crippen LogP) is 5.32. The van der Waals surface area contributed by atoms with Crippen LogP contribution < -0.4 is 0 Å². The van der Waals surface area contributed by atoms with Crippen LogP contribution in [0.15, 0.2) is 37.0 Å². The van der Waals surface area contributed by atoms with Crippen LogP contribution in [0.5, 0.6) is 0 Å². The molecule has 0 fully saturated rings. The average Bonchev–Trinajstić information content (AvgIpc) is 2.50. The quantitative estimate of drug-likeness (QED) is 0.247. The molecular formula is C20H32O3. The first kappa shape index (κ1) is 21.4. The molecule has 0 amide bonds. The van der Waals surface area contributed by atoms with Crippen LogP contribution in [0, 0.1) is 0 Å². The van der Waals surface area contributed by atoms with Gasteiger partial charge in [0.05, 0.1) is 0 Å². The van der Waals surface area contributed by atoms with E-state index in [1.807, 2.05) is 25.2 Å². The Morgan fingerprint density at radius 2 is 1.65 bits per heavy atom. The van der Waals surface area contributed by atoms with Gasteiger partial charge in [-0.2, -0.15) is 0 Å². The molecule has 0 unspecified atom stereocenters. The fourth-order valence-electron chi connectivity index (χ4n) is 2.22. The number of hydrogen-bond acceptors (Lipinski definition) is 3. The van der Waals surface area contributed by atoms with Gasteiger partial charge in [-0.1, -0.05) is 43.1 Å². The standard InChI is InChI=1S/C20H32O3/c1-5-7-8-9-10-11-12-14-20(22)23-19(18(4)21)16-15-17(3)13-6-2/h5-6,15,19H,1-2,7-14,16H2,3-4H3/b17-15-/t19-/m0/s1. The van der Waals surface area contributed by atoms with E-state index < -0.39 is 6.10 Å². The Bertz CT molecular complexity index is 407. The summed E-state index contributed by atoms with van der Waals surface area (Å²) in [5, 5.41) is 0. The lowest BCUT2D eigenvalue weighted by atomic mass is 10.1. The van der Waals surface area contributed by atoms with Gasteiger partial charge in [0, 0.05) is 12.8 Å². The number of ether oxygens (including phenoxy) is 1. The topological polar surface area (TPSA) is 43.4 Å². The van der Waals surface area contributed by atoms with Crippen molar-refractivity contribution in [2.45, 2.75) is 77.7 Å². The van der Waals surface area contributed by atoms with Gasteiger partial charge < -0.3 is 4.74 Å². The van der Waals surface area contributed by atoms with Crippen LogP contribution in [-0.4, -0.2) is 17.9 Å². The van der Waals surface area contributed by atoms with Crippen LogP contribution in [0.25, 0.3) is 0 Å². The van der Waals surface area contributed by atoms with Gasteiger partial charge in [0.2, 0.25) is 0 Å². The highest BCUT2D eigenvalue weighted by Gasteiger charge is 2.17. The molecule has 0 aliphatic carbocycles. The minimum absolute atomic E-state index is 0.106. The van der Waals surface area contributed by atoms with Gasteiger partial charge in [0.15, 0.2) is 11.9 Å². The number of carbonyl (C=O) groups is 2. The summed E-state index contributed by atoms with van der Waals surface area (Å²) in [7, 11) is 0. The molecule has 1 atom stereocenters. The Labute approximate surface area is 141 Å². The zero-order valence-electron chi connectivity index (χ0n) is 14.8. The summed E-state index contributed by atoms with van der Waals surface area (Å²) in [5.74, 6) is -0.378. The Morgan fingerprint density at radius 3 is 2.26 bits per heavy atom. The third kappa shape index (κ3) is 12.6. The van der Waals surface area contributed by atoms with Crippen LogP contribution in [0.1, 0.15) is 71.6 Å². The van der Waals surface area contributed by atoms with E-state index in [1.165, 1.54) is 13.3 Å². The van der Waals surface area contributed by atoms with E-state index >= 15 is 0 Å². The first-order valence-corrected chi connectivity index (χ1v) is 8.58. The highest BCUT2D eigenvalue weighted by Crippen LogP contribution is 2.11. The van der Waals surface area contributed by atoms with Crippen molar-refractivity contribution in [1.29, 1.82) is 0 Å². The van der Waals surface area contributed by atoms with Crippen LogP contribution >= 0.6 is 0 Å². The second kappa shape index (κ2) is 14.0. The summed E-state index contributed by atoms with van der Waals surface area (Å²) in [5.41, 5.74) is 1.13. The molecule has 0 heterocycles. The van der Waals surface area contributed by atoms with Crippen LogP contribution in [0.2, 0.25) is 0 Å². The maximum Gasteiger partial charge on any atom is 0.306 e. The Kier molecular flexibility index (Phi) is 13.0. The lowest BCUT2D eigenvalue weighted by Crippen LogP contribution is -2.24. The number of ketones is 1. The Hall–Kier alpha value is -1.64. The van der Waals surface area contributed by atoms with Gasteiger partial charge in [-0.05, 0) is 39.5 Å². The molecule has 3 heteroatoms. The van der Waals surface area contributed by atoms with E-state index in [1.54, 1.807) is 0 Å². The molecule has 0 N–H and O–H groups in total. The van der Waals surface area contributed by atoms with Crippen molar-refractivity contribution in [2.24, 2.45) is 0 Å². The summed E-state index contributed by atoms with van der Waals surface area (Å²) >= 11 is 0. The zero-order valence-corrected chi connectivity index (χ0v) is 14.8. The molecule has 0 aliphatic heterocycles. The minimum Gasteiger partial charge on any atom is -0.454 e. The summed E-state index contributed by atoms with van der Waals surface area (Å²) in [6.45, 7) is 10.8. The molecule has 130 valence electrons. The second-order valence-electron chi connectivity index (χ2n) is 5.96. The summed E-state index contributed by atoms with van der Waals surface area (Å²) in [6, 6.07) is 0. The number of hydrogen-bond donors (Lipinski definition) is 0. The highest BCUT2D eigenvalue weighted by atomic mass is 16.5. The molecule has 0 bridgehead atoms. The van der Waals surface area contributed by atoms with Crippen molar-refractivity contribution in [2.75, 3.05) is 0 Å². The summed E-state index contributed by atoms with van der Waals surface area (Å²) < 4.78 is 5.31. The third-order valence-corrected chi connectivity index (χ3v) is 3.66. The monoisotopic (exact) mass is 320 g/mol. The number of unbranched alkanes of at least 4 members (excludes halogenated alkanes) is 5. The molecule has 0 saturated heterocycles. The molecule has 0 aliphatic rings. The second-order valence-corrected chi connectivity index (χ2v) is 5.96. The number of carbonyl (C=O) groups excluding carboxylic acids is 2. The largest absolute Gasteiger partial charge is 0.454 e. The van der Waals surface area contributed by atoms with Gasteiger partial charge in [-0.3, -0.25) is 9.59 Å². The van der Waals surface area contributed by atoms with Crippen molar-refractivity contribution in [3.05, 3.63) is 37.0 Å². The van der Waals surface area contributed by atoms with Crippen molar-refractivity contribution in [1.82, 2.24) is 0 Å². The molecule has 0 aromatic carbocycles. The van der Waals surface area contributed by atoms with E-state index in [4.69, 9.17) is 4.74 Å². The number of rotatable bonds is 14. The van der Waals surface area contributed by atoms with Crippen molar-refractivity contribution in [3.63, 3.8) is 0 Å². The SMILES string of the molecule is C=CCCCCCCCC(=O)O[C@@H](C/C=C(/C)CC=C)C(C)=O. The molecule has 0 saturated carbocycles. The maximum atomic E-state index is 11.8. The molecule has 0 aromatic heterocycles. The number of Topliss-reactive ketones (excluding diaryl/α,β-unsaturated/α-hetero) is 1. The molecular weight excluding hydrogens is 288 g/mol. The van der Waals surface area contributed by atoms with Crippen molar-refractivity contribution >= 4 is 11.8 Å². The van der Waals surface area contributed by atoms with E-state index in [0.29, 0.717) is 12.8 Å². The first-order valence-electron chi connectivity index (χ1n) is 8.58. The highest BCUT2D eigenvalue weighted by molar-refractivity contribution is 5.83. The Balaban J connectivity index is 4.01. The van der Waals surface area contributed by atoms with Crippen molar-refractivity contribution < 1.29 is 14.3 Å². The summed E-state index contributed by atoms with van der Waals surface area (Å²) in [6.07, 6.45) is 13.0. The molecule has 0 spiro atoms. The summed E-state index contributed by atoms with van der Waals surface area (Å²) in [4.78, 5) is 23.4. The normalized spacial score (nSPS) is 12.5. The first-order chi connectivity index (χ1) is 11.0. The fraction of sp³-hybridized carbons (Fsp3) is 0.600. The minimum atomic E-state index is -0.658. The molecule has 0 aromatic rings. The molecule has 3 nitrogen and oxygen atoms in total. The van der Waals surface area contributed by atoms with E-state index in [0.717, 1.165) is 44.1 Å². The zero-order chi connectivity index (χ0) is 17.5. The van der Waals surface area contributed by atoms with Gasteiger partial charge in [0.1, 0.15) is 0 Å². The van der Waals surface area contributed by atoms with Gasteiger partial charge in [-0.15, -0.1) is 13.2 Å². The van der Waals surface area contributed by atoms with E-state index in [-0.39, 0.29) is 11.8 Å². The van der Waals surface area contributed by atoms with E-state index in [9.17, 15) is 9.59 Å². The third-order valence-electron chi connectivity index (χ3n) is 3.66. The van der Waals surface area contributed by atoms with Crippen LogP contribution in [0.3, 0.4) is 0 Å². The van der Waals surface area contributed by atoms with Gasteiger partial charge >= 0.3 is 5.97 Å². The Morgan fingerprint density at radius 1 is 1.00 bits per heavy atom. The maximum absolute atomic E-state index is 11.8. The van der Waals surface area contributed by atoms with Crippen LogP contribution in [0.4, 0.5) is 0 Å². The van der Waals surface area contributed by atoms with Gasteiger partial charge in [-0.25, -0.2) is 0 Å². The molecule has 0 radical (unpaired) electrons. The fourth-order valence-corrected chi connectivity index (χ4v) is 2.22. The smallest absolute Gasteiger partial charge is 0.306 e. The van der Waals surface area contributed by atoms with Gasteiger partial charge in [0.25, 0.3) is 0 Å². The predicted molar refractivity (Wildman–Crippen MR) is 96.3 cm³/mol. The lowest BCUT2D eigenvalue weighted by Gasteiger charge is -2.14. The lowest BCUT2D eigenvalue weighted by molar-refractivity contribution is -0.154. The molecule has 0 rings (SSSR count). The van der Waals surface area contributed by atoms with Crippen molar-refractivity contribution in [3.8, 4) is 0 Å². The average molecular weight is 320 g/mol.